The topological polar surface area (TPSA) is 117 Å². The maximum absolute atomic E-state index is 13.4. The molecule has 1 unspecified atom stereocenters. The number of nitrogens with one attached hydrogen (secondary N) is 1. The molecule has 0 aliphatic carbocycles. The summed E-state index contributed by atoms with van der Waals surface area (Å²) in [6, 6.07) is 5.69. The maximum Gasteiger partial charge on any atom is 0.260 e. The number of hydrogen-bond acceptors (Lipinski definition) is 7. The summed E-state index contributed by atoms with van der Waals surface area (Å²) in [5.41, 5.74) is 13.5. The standard InChI is InChI=1S/C24H29F2N5O2S/c1-2-3-14-11-19(30-24-20(14)21(27)22(34-24)23(28)33)31-8-6-15(7-9-31)29-12-18(32)13-4-5-16(25)17(26)10-13/h4-5,10-11,15,18,29,32H,2-3,6-9,12,27H2,1H3,(H2,28,33). The van der Waals surface area contributed by atoms with Gasteiger partial charge in [0.2, 0.25) is 0 Å². The number of aryl methyl sites for hydroxylation is 1. The lowest BCUT2D eigenvalue weighted by Crippen LogP contribution is -2.44. The lowest BCUT2D eigenvalue weighted by molar-refractivity contribution is 0.100. The Kier molecular flexibility index (Phi) is 7.30. The van der Waals surface area contributed by atoms with Gasteiger partial charge in [-0.15, -0.1) is 11.3 Å². The molecule has 0 spiro atoms. The number of carbonyl (C=O) groups is 1. The van der Waals surface area contributed by atoms with Crippen LogP contribution in [-0.2, 0) is 6.42 Å². The Hall–Kier alpha value is -2.82. The zero-order valence-corrected chi connectivity index (χ0v) is 19.8. The van der Waals surface area contributed by atoms with Crippen molar-refractivity contribution in [1.82, 2.24) is 10.3 Å². The fraction of sp³-hybridized carbons (Fsp3) is 0.417. The maximum atomic E-state index is 13.4. The average molecular weight is 490 g/mol. The van der Waals surface area contributed by atoms with Gasteiger partial charge in [-0.1, -0.05) is 19.4 Å². The number of nitrogen functional groups attached to an aromatic ring is 1. The van der Waals surface area contributed by atoms with Gasteiger partial charge < -0.3 is 26.8 Å². The molecule has 1 aliphatic heterocycles. The van der Waals surface area contributed by atoms with Gasteiger partial charge in [0, 0.05) is 31.1 Å². The van der Waals surface area contributed by atoms with E-state index in [0.29, 0.717) is 16.1 Å². The number of nitrogens with zero attached hydrogens (tertiary/aromatic N) is 2. The van der Waals surface area contributed by atoms with Crippen LogP contribution in [0.3, 0.4) is 0 Å². The lowest BCUT2D eigenvalue weighted by Gasteiger charge is -2.34. The van der Waals surface area contributed by atoms with E-state index in [2.05, 4.69) is 23.2 Å². The van der Waals surface area contributed by atoms with Crippen LogP contribution < -0.4 is 21.7 Å². The number of halogens is 2. The largest absolute Gasteiger partial charge is 0.397 e. The second-order valence-corrected chi connectivity index (χ2v) is 9.64. The highest BCUT2D eigenvalue weighted by Crippen LogP contribution is 2.37. The number of aliphatic hydroxyl groups excluding tert-OH is 1. The average Bonchev–Trinajstić information content (AvgIpc) is 3.16. The number of amides is 1. The first kappa shape index (κ1) is 24.3. The van der Waals surface area contributed by atoms with Crippen LogP contribution in [-0.4, -0.2) is 41.7 Å². The zero-order chi connectivity index (χ0) is 24.4. The van der Waals surface area contributed by atoms with E-state index in [-0.39, 0.29) is 12.6 Å². The molecule has 0 radical (unpaired) electrons. The van der Waals surface area contributed by atoms with E-state index in [9.17, 15) is 18.7 Å². The highest BCUT2D eigenvalue weighted by Gasteiger charge is 2.24. The molecule has 10 heteroatoms. The number of aliphatic hydroxyl groups is 1. The summed E-state index contributed by atoms with van der Waals surface area (Å²) >= 11 is 1.23. The van der Waals surface area contributed by atoms with E-state index in [1.54, 1.807) is 0 Å². The summed E-state index contributed by atoms with van der Waals surface area (Å²) in [6.07, 6.45) is 2.52. The van der Waals surface area contributed by atoms with E-state index in [1.165, 1.54) is 17.4 Å². The van der Waals surface area contributed by atoms with E-state index >= 15 is 0 Å². The molecule has 2 aromatic heterocycles. The van der Waals surface area contributed by atoms with Crippen molar-refractivity contribution in [2.45, 2.75) is 44.8 Å². The number of carbonyl (C=O) groups excluding carboxylic acids is 1. The van der Waals surface area contributed by atoms with Gasteiger partial charge in [-0.3, -0.25) is 4.79 Å². The van der Waals surface area contributed by atoms with Crippen LogP contribution in [0.5, 0.6) is 0 Å². The van der Waals surface area contributed by atoms with Gasteiger partial charge in [0.15, 0.2) is 11.6 Å². The third-order valence-corrected chi connectivity index (χ3v) is 7.37. The minimum absolute atomic E-state index is 0.189. The fourth-order valence-electron chi connectivity index (χ4n) is 4.42. The van der Waals surface area contributed by atoms with E-state index in [0.717, 1.165) is 72.5 Å². The SMILES string of the molecule is CCCc1cc(N2CCC(NCC(O)c3ccc(F)c(F)c3)CC2)nc2sc(C(N)=O)c(N)c12. The monoisotopic (exact) mass is 489 g/mol. The Balaban J connectivity index is 1.41. The molecule has 1 amide bonds. The lowest BCUT2D eigenvalue weighted by atomic mass is 10.0. The number of piperidine rings is 1. The van der Waals surface area contributed by atoms with E-state index in [1.807, 2.05) is 0 Å². The molecule has 0 saturated carbocycles. The molecule has 3 aromatic rings. The minimum atomic E-state index is -0.966. The summed E-state index contributed by atoms with van der Waals surface area (Å²) in [5.74, 6) is -1.58. The molecule has 3 heterocycles. The molecule has 4 rings (SSSR count). The van der Waals surface area contributed by atoms with Crippen molar-refractivity contribution in [1.29, 1.82) is 0 Å². The van der Waals surface area contributed by atoms with Gasteiger partial charge in [-0.05, 0) is 48.6 Å². The predicted octanol–water partition coefficient (Wildman–Crippen LogP) is 3.50. The van der Waals surface area contributed by atoms with Crippen molar-refractivity contribution in [2.24, 2.45) is 5.73 Å². The third-order valence-electron chi connectivity index (χ3n) is 6.26. The summed E-state index contributed by atoms with van der Waals surface area (Å²) in [7, 11) is 0. The normalized spacial score (nSPS) is 15.7. The molecule has 6 N–H and O–H groups in total. The summed E-state index contributed by atoms with van der Waals surface area (Å²) < 4.78 is 26.5. The highest BCUT2D eigenvalue weighted by atomic mass is 32.1. The number of primary amides is 1. The molecule has 1 fully saturated rings. The highest BCUT2D eigenvalue weighted by molar-refractivity contribution is 7.21. The van der Waals surface area contributed by atoms with Crippen molar-refractivity contribution < 1.29 is 18.7 Å². The van der Waals surface area contributed by atoms with Crippen LogP contribution in [0.2, 0.25) is 0 Å². The molecule has 182 valence electrons. The fourth-order valence-corrected chi connectivity index (χ4v) is 5.41. The van der Waals surface area contributed by atoms with Gasteiger partial charge in [-0.2, -0.15) is 0 Å². The molecule has 1 saturated heterocycles. The Bertz CT molecular complexity index is 1190. The summed E-state index contributed by atoms with van der Waals surface area (Å²) in [5, 5.41) is 14.5. The molecule has 34 heavy (non-hydrogen) atoms. The van der Waals surface area contributed by atoms with Crippen LogP contribution in [0, 0.1) is 11.6 Å². The Morgan fingerprint density at radius 1 is 1.29 bits per heavy atom. The summed E-state index contributed by atoms with van der Waals surface area (Å²) in [6.45, 7) is 3.89. The van der Waals surface area contributed by atoms with Gasteiger partial charge in [0.1, 0.15) is 15.5 Å². The molecular weight excluding hydrogens is 460 g/mol. The van der Waals surface area contributed by atoms with Crippen LogP contribution in [0.1, 0.15) is 53.1 Å². The third kappa shape index (κ3) is 4.98. The van der Waals surface area contributed by atoms with Crippen molar-refractivity contribution in [3.63, 3.8) is 0 Å². The molecule has 1 aliphatic rings. The zero-order valence-electron chi connectivity index (χ0n) is 19.0. The number of hydrogen-bond donors (Lipinski definition) is 4. The quantitative estimate of drug-likeness (QED) is 0.385. The number of anilines is 2. The first-order valence-electron chi connectivity index (χ1n) is 11.4. The predicted molar refractivity (Wildman–Crippen MR) is 131 cm³/mol. The van der Waals surface area contributed by atoms with Crippen molar-refractivity contribution in [3.8, 4) is 0 Å². The van der Waals surface area contributed by atoms with Gasteiger partial charge >= 0.3 is 0 Å². The number of rotatable bonds is 8. The van der Waals surface area contributed by atoms with E-state index < -0.39 is 23.6 Å². The van der Waals surface area contributed by atoms with E-state index in [4.69, 9.17) is 16.5 Å². The number of benzene rings is 1. The van der Waals surface area contributed by atoms with Gasteiger partial charge in [0.25, 0.3) is 5.91 Å². The molecule has 1 atom stereocenters. The number of aromatic nitrogens is 1. The second-order valence-electron chi connectivity index (χ2n) is 8.64. The van der Waals surface area contributed by atoms with Crippen LogP contribution >= 0.6 is 11.3 Å². The smallest absolute Gasteiger partial charge is 0.260 e. The number of thiophene rings is 1. The minimum Gasteiger partial charge on any atom is -0.397 e. The molecule has 7 nitrogen and oxygen atoms in total. The Morgan fingerprint density at radius 2 is 2.03 bits per heavy atom. The van der Waals surface area contributed by atoms with Crippen molar-refractivity contribution >= 4 is 39.0 Å². The van der Waals surface area contributed by atoms with Crippen LogP contribution in [0.25, 0.3) is 10.2 Å². The van der Waals surface area contributed by atoms with Crippen LogP contribution in [0.4, 0.5) is 20.3 Å². The Labute approximate surface area is 200 Å². The first-order chi connectivity index (χ1) is 16.3. The van der Waals surface area contributed by atoms with Crippen LogP contribution in [0.15, 0.2) is 24.3 Å². The number of nitrogens with two attached hydrogens (primary N) is 2. The molecule has 1 aromatic carbocycles. The first-order valence-corrected chi connectivity index (χ1v) is 12.2. The number of pyridine rings is 1. The summed E-state index contributed by atoms with van der Waals surface area (Å²) in [4.78, 5) is 19.8. The van der Waals surface area contributed by atoms with Crippen molar-refractivity contribution in [2.75, 3.05) is 30.3 Å². The second kappa shape index (κ2) is 10.2. The number of fused-ring (bicyclic) bond motifs is 1. The Morgan fingerprint density at radius 3 is 2.68 bits per heavy atom. The molecular formula is C24H29F2N5O2S. The van der Waals surface area contributed by atoms with Gasteiger partial charge in [-0.25, -0.2) is 13.8 Å². The molecule has 0 bridgehead atoms. The van der Waals surface area contributed by atoms with Gasteiger partial charge in [0.05, 0.1) is 11.8 Å². The van der Waals surface area contributed by atoms with Crippen molar-refractivity contribution in [3.05, 3.63) is 51.9 Å².